The summed E-state index contributed by atoms with van der Waals surface area (Å²) in [5.74, 6) is 0. The zero-order valence-corrected chi connectivity index (χ0v) is 48.4. The molecule has 16 rings (SSSR count). The van der Waals surface area contributed by atoms with Gasteiger partial charge >= 0.3 is 0 Å². The van der Waals surface area contributed by atoms with Gasteiger partial charge in [-0.2, -0.15) is 0 Å². The minimum atomic E-state index is -0.133. The van der Waals surface area contributed by atoms with Crippen molar-refractivity contribution in [3.05, 3.63) is 185 Å². The van der Waals surface area contributed by atoms with Gasteiger partial charge in [-0.25, -0.2) is 0 Å². The highest BCUT2D eigenvalue weighted by Gasteiger charge is 2.58. The summed E-state index contributed by atoms with van der Waals surface area (Å²) >= 11 is 1.96. The molecular weight excluding hydrogens is 962 g/mol. The summed E-state index contributed by atoms with van der Waals surface area (Å²) in [6.07, 6.45) is 10.5. The normalized spacial score (nSPS) is 22.9. The van der Waals surface area contributed by atoms with Crippen LogP contribution in [0.1, 0.15) is 160 Å². The van der Waals surface area contributed by atoms with Crippen molar-refractivity contribution in [2.75, 3.05) is 14.7 Å². The SMILES string of the molecule is CC1(C)CCC(C)(C)c2cc(N3c4cc5c(cc4B4c6ccc7c(c6N(c6cccc8c6sc6ccccc68)c6cc(N8c9ccccc9C9(C)CCCCC89C)cc3c64)-c3ccccc3C7)C(C)(C)CCC5(C)C)ccc21. The molecule has 4 heterocycles. The standard InChI is InChI=1S/C73H72BN3S/c1-68(2)34-35-69(3,4)53-39-46(29-30-51(53)68)75-60-43-55-54(70(5,6)36-37-71(55,7)8)42-57(60)74-56-31-28-45-38-44-20-11-12-21-48(44)64(45)66(56)76(59-26-19-23-50-49-22-13-16-27-63(49)78-67(50)59)62-41-47(40-61(75)65(62)74)77-58-25-15-14-24-52(58)72(9)32-17-18-33-73(72,77)10/h11-16,19-31,39-43H,17-18,32-38H2,1-10H3. The molecule has 1 saturated carbocycles. The number of thiophene rings is 1. The lowest BCUT2D eigenvalue weighted by molar-refractivity contribution is 0.195. The highest BCUT2D eigenvalue weighted by Crippen LogP contribution is 2.63. The van der Waals surface area contributed by atoms with Gasteiger partial charge in [0.05, 0.1) is 15.9 Å². The molecule has 0 bridgehead atoms. The van der Waals surface area contributed by atoms with Crippen LogP contribution in [-0.2, 0) is 33.5 Å². The Bertz CT molecular complexity index is 4110. The van der Waals surface area contributed by atoms with E-state index >= 15 is 0 Å². The lowest BCUT2D eigenvalue weighted by Gasteiger charge is -2.51. The second-order valence-corrected chi connectivity index (χ2v) is 29.1. The van der Waals surface area contributed by atoms with Crippen molar-refractivity contribution < 1.29 is 0 Å². The molecule has 0 N–H and O–H groups in total. The van der Waals surface area contributed by atoms with E-state index in [-0.39, 0.29) is 39.3 Å². The van der Waals surface area contributed by atoms with Crippen LogP contribution in [0.5, 0.6) is 0 Å². The fourth-order valence-corrected chi connectivity index (χ4v) is 18.3. The fraction of sp³-hybridized carbons (Fsp3) is 0.342. The number of hydrogen-bond acceptors (Lipinski definition) is 4. The largest absolute Gasteiger partial charge is 0.334 e. The van der Waals surface area contributed by atoms with Crippen LogP contribution in [0.25, 0.3) is 31.3 Å². The number of rotatable bonds is 3. The molecule has 4 aliphatic carbocycles. The molecule has 2 unspecified atom stereocenters. The summed E-state index contributed by atoms with van der Waals surface area (Å²) in [5, 5.41) is 2.66. The predicted octanol–water partition coefficient (Wildman–Crippen LogP) is 18.1. The number of anilines is 8. The maximum atomic E-state index is 2.86. The summed E-state index contributed by atoms with van der Waals surface area (Å²) in [7, 11) is 0. The third-order valence-electron chi connectivity index (χ3n) is 21.9. The highest BCUT2D eigenvalue weighted by molar-refractivity contribution is 7.26. The molecule has 7 aliphatic rings. The number of hydrogen-bond donors (Lipinski definition) is 0. The Kier molecular flexibility index (Phi) is 9.51. The van der Waals surface area contributed by atoms with E-state index in [2.05, 4.69) is 230 Å². The molecule has 0 radical (unpaired) electrons. The van der Waals surface area contributed by atoms with E-state index in [1.54, 1.807) is 0 Å². The number of benzene rings is 8. The quantitative estimate of drug-likeness (QED) is 0.163. The van der Waals surface area contributed by atoms with E-state index in [1.807, 2.05) is 11.3 Å². The van der Waals surface area contributed by atoms with E-state index in [0.29, 0.717) is 0 Å². The Morgan fingerprint density at radius 3 is 1.87 bits per heavy atom. The van der Waals surface area contributed by atoms with Crippen LogP contribution in [0, 0.1) is 0 Å². The van der Waals surface area contributed by atoms with Gasteiger partial charge in [0.2, 0.25) is 0 Å². The van der Waals surface area contributed by atoms with Gasteiger partial charge in [-0.05, 0) is 183 Å². The minimum Gasteiger partial charge on any atom is -0.334 e. The molecule has 0 amide bonds. The van der Waals surface area contributed by atoms with E-state index in [9.17, 15) is 0 Å². The van der Waals surface area contributed by atoms with Crippen molar-refractivity contribution in [1.29, 1.82) is 0 Å². The average Bonchev–Trinajstić information content (AvgIpc) is 2.89. The van der Waals surface area contributed by atoms with Crippen molar-refractivity contribution in [3.63, 3.8) is 0 Å². The van der Waals surface area contributed by atoms with Crippen molar-refractivity contribution in [3.8, 4) is 11.1 Å². The molecule has 1 fully saturated rings. The molecule has 1 aromatic heterocycles. The molecule has 0 spiro atoms. The summed E-state index contributed by atoms with van der Waals surface area (Å²) in [6.45, 7) is 25.2. The van der Waals surface area contributed by atoms with E-state index in [4.69, 9.17) is 0 Å². The predicted molar refractivity (Wildman–Crippen MR) is 335 cm³/mol. The number of nitrogens with zero attached hydrogens (tertiary/aromatic N) is 3. The molecule has 78 heavy (non-hydrogen) atoms. The summed E-state index contributed by atoms with van der Waals surface area (Å²) < 4.78 is 2.68. The van der Waals surface area contributed by atoms with Crippen LogP contribution >= 0.6 is 11.3 Å². The van der Waals surface area contributed by atoms with Crippen LogP contribution in [0.2, 0.25) is 0 Å². The second kappa shape index (κ2) is 15.6. The van der Waals surface area contributed by atoms with E-state index in [0.717, 1.165) is 12.8 Å². The Hall–Kier alpha value is -6.56. The van der Waals surface area contributed by atoms with Gasteiger partial charge in [0.1, 0.15) is 0 Å². The zero-order chi connectivity index (χ0) is 53.2. The first kappa shape index (κ1) is 47.4. The molecule has 8 aromatic carbocycles. The Morgan fingerprint density at radius 1 is 0.436 bits per heavy atom. The molecule has 0 saturated heterocycles. The van der Waals surface area contributed by atoms with Gasteiger partial charge in [-0.15, -0.1) is 11.3 Å². The van der Waals surface area contributed by atoms with Crippen molar-refractivity contribution >= 4 is 100 Å². The molecule has 5 heteroatoms. The van der Waals surface area contributed by atoms with Crippen LogP contribution in [0.4, 0.5) is 45.5 Å². The van der Waals surface area contributed by atoms with Crippen molar-refractivity contribution in [1.82, 2.24) is 0 Å². The maximum Gasteiger partial charge on any atom is 0.252 e. The second-order valence-electron chi connectivity index (χ2n) is 28.0. The van der Waals surface area contributed by atoms with Crippen LogP contribution < -0.4 is 31.1 Å². The topological polar surface area (TPSA) is 9.72 Å². The molecule has 2 atom stereocenters. The van der Waals surface area contributed by atoms with Gasteiger partial charge in [0.15, 0.2) is 0 Å². The highest BCUT2D eigenvalue weighted by atomic mass is 32.1. The Balaban J connectivity index is 1.09. The third-order valence-corrected chi connectivity index (χ3v) is 23.1. The lowest BCUT2D eigenvalue weighted by atomic mass is 9.33. The summed E-state index contributed by atoms with van der Waals surface area (Å²) in [5.41, 5.74) is 28.0. The van der Waals surface area contributed by atoms with Gasteiger partial charge < -0.3 is 14.7 Å². The monoisotopic (exact) mass is 1030 g/mol. The van der Waals surface area contributed by atoms with E-state index < -0.39 is 0 Å². The fourth-order valence-electron chi connectivity index (χ4n) is 17.1. The third kappa shape index (κ3) is 6.13. The van der Waals surface area contributed by atoms with Crippen LogP contribution in [-0.4, -0.2) is 12.3 Å². The van der Waals surface area contributed by atoms with Crippen molar-refractivity contribution in [2.24, 2.45) is 0 Å². The minimum absolute atomic E-state index is 0.00236. The molecule has 9 aromatic rings. The van der Waals surface area contributed by atoms with Gasteiger partial charge in [0.25, 0.3) is 6.71 Å². The van der Waals surface area contributed by atoms with Gasteiger partial charge in [-0.3, -0.25) is 0 Å². The molecule has 3 nitrogen and oxygen atoms in total. The molecular formula is C73H72BN3S. The Morgan fingerprint density at radius 2 is 1.08 bits per heavy atom. The van der Waals surface area contributed by atoms with Gasteiger partial charge in [-0.1, -0.05) is 172 Å². The lowest BCUT2D eigenvalue weighted by Crippen LogP contribution is -2.62. The summed E-state index contributed by atoms with van der Waals surface area (Å²) in [4.78, 5) is 8.46. The Labute approximate surface area is 467 Å². The first-order valence-electron chi connectivity index (χ1n) is 29.5. The number of fused-ring (bicyclic) bond motifs is 16. The van der Waals surface area contributed by atoms with E-state index in [1.165, 1.54) is 177 Å². The smallest absolute Gasteiger partial charge is 0.252 e. The maximum absolute atomic E-state index is 2.86. The van der Waals surface area contributed by atoms with Gasteiger partial charge in [0, 0.05) is 66.3 Å². The summed E-state index contributed by atoms with van der Waals surface area (Å²) in [6, 6.07) is 58.7. The molecule has 388 valence electrons. The first-order valence-corrected chi connectivity index (χ1v) is 30.4. The first-order chi connectivity index (χ1) is 37.4. The van der Waals surface area contributed by atoms with Crippen molar-refractivity contribution in [2.45, 2.75) is 160 Å². The average molecular weight is 1030 g/mol. The number of para-hydroxylation sites is 1. The zero-order valence-electron chi connectivity index (χ0n) is 47.5. The van der Waals surface area contributed by atoms with Crippen LogP contribution in [0.3, 0.4) is 0 Å². The molecule has 3 aliphatic heterocycles. The van der Waals surface area contributed by atoms with Crippen LogP contribution in [0.15, 0.2) is 146 Å².